The van der Waals surface area contributed by atoms with Crippen LogP contribution in [0.15, 0.2) is 54.6 Å². The van der Waals surface area contributed by atoms with Crippen molar-refractivity contribution in [3.63, 3.8) is 0 Å². The van der Waals surface area contributed by atoms with Crippen molar-refractivity contribution >= 4 is 28.6 Å². The van der Waals surface area contributed by atoms with E-state index in [1.54, 1.807) is 45.2 Å². The number of rotatable bonds is 7. The molecule has 8 nitrogen and oxygen atoms in total. The van der Waals surface area contributed by atoms with Gasteiger partial charge in [0, 0.05) is 0 Å². The van der Waals surface area contributed by atoms with Crippen molar-refractivity contribution < 1.29 is 28.1 Å². The van der Waals surface area contributed by atoms with Crippen molar-refractivity contribution in [2.45, 2.75) is 49.1 Å². The molecule has 2 aromatic rings. The molecule has 2 aliphatic rings. The minimum atomic E-state index is -1.56. The predicted octanol–water partition coefficient (Wildman–Crippen LogP) is 1.54. The van der Waals surface area contributed by atoms with Crippen molar-refractivity contribution in [1.82, 2.24) is 10.2 Å². The zero-order valence-electron chi connectivity index (χ0n) is 18.6. The quantitative estimate of drug-likeness (QED) is 0.487. The van der Waals surface area contributed by atoms with Gasteiger partial charge in [-0.2, -0.15) is 0 Å². The van der Waals surface area contributed by atoms with Crippen LogP contribution in [0.3, 0.4) is 0 Å². The van der Waals surface area contributed by atoms with E-state index in [2.05, 4.69) is 5.32 Å². The molecule has 4 unspecified atom stereocenters. The molecule has 0 radical (unpaired) electrons. The summed E-state index contributed by atoms with van der Waals surface area (Å²) in [4.78, 5) is 39.6. The monoisotopic (exact) mass is 470 g/mol. The van der Waals surface area contributed by atoms with E-state index in [1.807, 2.05) is 30.3 Å². The van der Waals surface area contributed by atoms with E-state index in [1.165, 1.54) is 4.90 Å². The van der Waals surface area contributed by atoms with Crippen molar-refractivity contribution in [1.29, 1.82) is 0 Å². The molecule has 1 N–H and O–H groups in total. The van der Waals surface area contributed by atoms with Gasteiger partial charge in [0.15, 0.2) is 0 Å². The highest BCUT2D eigenvalue weighted by Crippen LogP contribution is 2.44. The fraction of sp³-hybridized carbons (Fsp3) is 0.375. The molecule has 2 aromatic carbocycles. The smallest absolute Gasteiger partial charge is 0.330 e. The number of carbonyl (C=O) groups excluding carboxylic acids is 3. The summed E-state index contributed by atoms with van der Waals surface area (Å²) in [6, 6.07) is 14.3. The molecule has 2 saturated heterocycles. The third-order valence-corrected chi connectivity index (χ3v) is 8.24. The summed E-state index contributed by atoms with van der Waals surface area (Å²) in [5.74, 6) is -0.688. The fourth-order valence-corrected chi connectivity index (χ4v) is 6.15. The summed E-state index contributed by atoms with van der Waals surface area (Å²) in [6.45, 7) is 3.37. The minimum absolute atomic E-state index is 0.0198. The van der Waals surface area contributed by atoms with Crippen LogP contribution in [0.4, 0.5) is 0 Å². The lowest BCUT2D eigenvalue weighted by Crippen LogP contribution is -2.71. The molecule has 4 rings (SSSR count). The lowest BCUT2D eigenvalue weighted by Gasteiger charge is -2.43. The zero-order chi connectivity index (χ0) is 23.8. The van der Waals surface area contributed by atoms with Crippen LogP contribution in [-0.2, 0) is 42.9 Å². The third kappa shape index (κ3) is 4.25. The molecule has 0 spiro atoms. The number of ether oxygens (including phenoxy) is 2. The second kappa shape index (κ2) is 8.97. The number of β-lactam (4-membered cyclic amide) rings is 1. The van der Waals surface area contributed by atoms with Crippen LogP contribution in [0.2, 0.25) is 0 Å². The topological polar surface area (TPSA) is 102 Å². The molecule has 4 atom stereocenters. The second-order valence-corrected chi connectivity index (χ2v) is 10.7. The molecule has 33 heavy (non-hydrogen) atoms. The average molecular weight is 471 g/mol. The maximum absolute atomic E-state index is 13.2. The lowest BCUT2D eigenvalue weighted by molar-refractivity contribution is -0.165. The van der Waals surface area contributed by atoms with Gasteiger partial charge in [-0.3, -0.25) is 13.8 Å². The van der Waals surface area contributed by atoms with Crippen LogP contribution in [0.1, 0.15) is 25.0 Å². The SMILES string of the molecule is COc1ccc(COC(=O)C2N3C(=O)C(NC(=O)Cc4ccccc4)C3S(=O)C2(C)C)cc1. The van der Waals surface area contributed by atoms with Gasteiger partial charge in [-0.25, -0.2) is 4.79 Å². The summed E-state index contributed by atoms with van der Waals surface area (Å²) >= 11 is 0. The second-order valence-electron chi connectivity index (χ2n) is 8.60. The maximum Gasteiger partial charge on any atom is 0.330 e. The van der Waals surface area contributed by atoms with Gasteiger partial charge in [0.05, 0.1) is 29.1 Å². The largest absolute Gasteiger partial charge is 0.497 e. The van der Waals surface area contributed by atoms with Crippen molar-refractivity contribution in [2.75, 3.05) is 7.11 Å². The number of methoxy groups -OCH3 is 1. The summed E-state index contributed by atoms with van der Waals surface area (Å²) < 4.78 is 22.8. The highest BCUT2D eigenvalue weighted by atomic mass is 32.2. The van der Waals surface area contributed by atoms with Gasteiger partial charge in [0.1, 0.15) is 29.8 Å². The number of benzene rings is 2. The normalized spacial score (nSPS) is 25.1. The summed E-state index contributed by atoms with van der Waals surface area (Å²) in [5.41, 5.74) is 1.57. The maximum atomic E-state index is 13.2. The first kappa shape index (κ1) is 23.0. The van der Waals surface area contributed by atoms with Gasteiger partial charge in [-0.15, -0.1) is 0 Å². The molecule has 0 aromatic heterocycles. The van der Waals surface area contributed by atoms with Crippen LogP contribution < -0.4 is 10.1 Å². The average Bonchev–Trinajstić information content (AvgIpc) is 3.00. The van der Waals surface area contributed by atoms with Crippen LogP contribution >= 0.6 is 0 Å². The first-order chi connectivity index (χ1) is 15.7. The number of hydrogen-bond acceptors (Lipinski definition) is 6. The van der Waals surface area contributed by atoms with Gasteiger partial charge in [0.25, 0.3) is 0 Å². The molecule has 0 bridgehead atoms. The molecule has 0 saturated carbocycles. The third-order valence-electron chi connectivity index (χ3n) is 6.04. The standard InChI is InChI=1S/C24H26N2O6S/c1-24(2)20(23(29)32-14-16-9-11-17(31-3)12-10-16)26-21(28)19(22(26)33(24)30)25-18(27)13-15-7-5-4-6-8-15/h4-12,19-20,22H,13-14H2,1-3H3,(H,25,27). The Balaban J connectivity index is 1.42. The fourth-order valence-electron chi connectivity index (χ4n) is 4.23. The number of esters is 1. The number of amides is 2. The number of hydrogen-bond donors (Lipinski definition) is 1. The highest BCUT2D eigenvalue weighted by Gasteiger charge is 2.68. The van der Waals surface area contributed by atoms with E-state index >= 15 is 0 Å². The molecule has 2 heterocycles. The van der Waals surface area contributed by atoms with E-state index in [-0.39, 0.29) is 18.9 Å². The van der Waals surface area contributed by atoms with Gasteiger partial charge >= 0.3 is 5.97 Å². The highest BCUT2D eigenvalue weighted by molar-refractivity contribution is 7.87. The van der Waals surface area contributed by atoms with Gasteiger partial charge in [-0.05, 0) is 37.1 Å². The van der Waals surface area contributed by atoms with E-state index in [4.69, 9.17) is 9.47 Å². The molecule has 174 valence electrons. The first-order valence-electron chi connectivity index (χ1n) is 10.6. The number of nitrogens with one attached hydrogen (secondary N) is 1. The lowest BCUT2D eigenvalue weighted by atomic mass is 9.96. The molecule has 2 amide bonds. The Bertz CT molecular complexity index is 1090. The Morgan fingerprint density at radius 3 is 2.36 bits per heavy atom. The van der Waals surface area contributed by atoms with Gasteiger partial charge in [0.2, 0.25) is 11.8 Å². The van der Waals surface area contributed by atoms with E-state index < -0.39 is 44.9 Å². The summed E-state index contributed by atoms with van der Waals surface area (Å²) in [6.07, 6.45) is 0.112. The van der Waals surface area contributed by atoms with Gasteiger partial charge in [-0.1, -0.05) is 42.5 Å². The molecule has 2 fully saturated rings. The van der Waals surface area contributed by atoms with Crippen LogP contribution in [0.5, 0.6) is 5.75 Å². The number of nitrogens with zero attached hydrogens (tertiary/aromatic N) is 1. The van der Waals surface area contributed by atoms with Crippen molar-refractivity contribution in [3.05, 3.63) is 65.7 Å². The van der Waals surface area contributed by atoms with E-state index in [0.717, 1.165) is 11.1 Å². The molecule has 0 aliphatic carbocycles. The Morgan fingerprint density at radius 2 is 1.73 bits per heavy atom. The predicted molar refractivity (Wildman–Crippen MR) is 122 cm³/mol. The van der Waals surface area contributed by atoms with E-state index in [0.29, 0.717) is 5.75 Å². The summed E-state index contributed by atoms with van der Waals surface area (Å²) in [7, 11) is -0.000290. The van der Waals surface area contributed by atoms with E-state index in [9.17, 15) is 18.6 Å². The molecule has 2 aliphatic heterocycles. The Morgan fingerprint density at radius 1 is 1.06 bits per heavy atom. The van der Waals surface area contributed by atoms with Crippen molar-refractivity contribution in [3.8, 4) is 5.75 Å². The zero-order valence-corrected chi connectivity index (χ0v) is 19.5. The Labute approximate surface area is 194 Å². The summed E-state index contributed by atoms with van der Waals surface area (Å²) in [5, 5.41) is 1.94. The van der Waals surface area contributed by atoms with Crippen LogP contribution in [0, 0.1) is 0 Å². The molecular weight excluding hydrogens is 444 g/mol. The van der Waals surface area contributed by atoms with Crippen LogP contribution in [-0.4, -0.2) is 56.2 Å². The number of fused-ring (bicyclic) bond motifs is 1. The van der Waals surface area contributed by atoms with Crippen molar-refractivity contribution in [2.24, 2.45) is 0 Å². The van der Waals surface area contributed by atoms with Crippen LogP contribution in [0.25, 0.3) is 0 Å². The number of carbonyl (C=O) groups is 3. The minimum Gasteiger partial charge on any atom is -0.497 e. The molecule has 9 heteroatoms. The van der Waals surface area contributed by atoms with Gasteiger partial charge < -0.3 is 19.7 Å². The molecular formula is C24H26N2O6S. The Hall–Kier alpha value is -3.20. The Kier molecular flexibility index (Phi) is 6.25. The first-order valence-corrected chi connectivity index (χ1v) is 11.8.